The number of aromatic nitrogens is 3. The van der Waals surface area contributed by atoms with Crippen molar-refractivity contribution in [3.05, 3.63) is 176 Å². The molecule has 2 heterocycles. The lowest BCUT2D eigenvalue weighted by atomic mass is 9.91. The van der Waals surface area contributed by atoms with Gasteiger partial charge in [0, 0.05) is 29.1 Å². The zero-order valence-electron chi connectivity index (χ0n) is 27.1. The van der Waals surface area contributed by atoms with E-state index in [0.717, 1.165) is 44.6 Å². The summed E-state index contributed by atoms with van der Waals surface area (Å²) in [7, 11) is 0. The van der Waals surface area contributed by atoms with Crippen molar-refractivity contribution in [1.82, 2.24) is 15.0 Å². The summed E-state index contributed by atoms with van der Waals surface area (Å²) < 4.78 is 0. The van der Waals surface area contributed by atoms with E-state index in [1.807, 2.05) is 12.3 Å². The van der Waals surface area contributed by atoms with Gasteiger partial charge in [0.25, 0.3) is 0 Å². The maximum absolute atomic E-state index is 5.27. The minimum absolute atomic E-state index is 0.713. The van der Waals surface area contributed by atoms with Crippen molar-refractivity contribution in [2.45, 2.75) is 0 Å². The highest BCUT2D eigenvalue weighted by Crippen LogP contribution is 2.39. The predicted molar refractivity (Wildman–Crippen MR) is 208 cm³/mol. The molecule has 232 valence electrons. The molecule has 8 aromatic carbocycles. The quantitative estimate of drug-likeness (QED) is 0.177. The van der Waals surface area contributed by atoms with Crippen LogP contribution >= 0.6 is 0 Å². The van der Waals surface area contributed by atoms with E-state index in [1.54, 1.807) is 6.20 Å². The molecule has 0 saturated heterocycles. The van der Waals surface area contributed by atoms with E-state index in [0.29, 0.717) is 5.82 Å². The predicted octanol–water partition coefficient (Wildman–Crippen LogP) is 12.3. The van der Waals surface area contributed by atoms with E-state index in [1.165, 1.54) is 48.8 Å². The van der Waals surface area contributed by atoms with E-state index in [4.69, 9.17) is 9.97 Å². The van der Waals surface area contributed by atoms with Crippen LogP contribution in [0.15, 0.2) is 176 Å². The molecule has 50 heavy (non-hydrogen) atoms. The number of hydrogen-bond donors (Lipinski definition) is 0. The van der Waals surface area contributed by atoms with Crippen LogP contribution in [0.2, 0.25) is 0 Å². The molecule has 0 aliphatic carbocycles. The molecular weight excluding hydrogens is 607 g/mol. The molecule has 0 saturated carbocycles. The van der Waals surface area contributed by atoms with E-state index in [-0.39, 0.29) is 0 Å². The lowest BCUT2D eigenvalue weighted by molar-refractivity contribution is 1.19. The fourth-order valence-electron chi connectivity index (χ4n) is 7.36. The summed E-state index contributed by atoms with van der Waals surface area (Å²) in [4.78, 5) is 14.8. The van der Waals surface area contributed by atoms with Gasteiger partial charge in [-0.3, -0.25) is 4.98 Å². The third-order valence-corrected chi connectivity index (χ3v) is 9.93. The average molecular weight is 636 g/mol. The molecule has 0 unspecified atom stereocenters. The first kappa shape index (κ1) is 28.3. The number of nitrogens with zero attached hydrogens (tertiary/aromatic N) is 3. The van der Waals surface area contributed by atoms with Crippen LogP contribution < -0.4 is 0 Å². The third-order valence-electron chi connectivity index (χ3n) is 9.93. The molecule has 0 radical (unpaired) electrons. The van der Waals surface area contributed by atoms with Gasteiger partial charge in [0.05, 0.1) is 11.4 Å². The van der Waals surface area contributed by atoms with Crippen molar-refractivity contribution < 1.29 is 0 Å². The standard InChI is InChI=1S/C47H29N3/c1-2-6-38-27-39(21-14-30(38)5-1)31-10-15-33(16-11-31)43-28-44(34-17-12-32(13-18-34)40-9-4-26-48-29-40)50-47(49-43)42-25-23-37-20-19-35-7-3-8-36-22-24-41(42)46(37)45(35)36/h1-29H. The molecule has 0 atom stereocenters. The Bertz CT molecular complexity index is 2820. The summed E-state index contributed by atoms with van der Waals surface area (Å²) >= 11 is 0. The van der Waals surface area contributed by atoms with Crippen LogP contribution in [0.5, 0.6) is 0 Å². The monoisotopic (exact) mass is 635 g/mol. The van der Waals surface area contributed by atoms with Gasteiger partial charge in [-0.2, -0.15) is 0 Å². The molecule has 3 nitrogen and oxygen atoms in total. The van der Waals surface area contributed by atoms with Crippen LogP contribution in [0.4, 0.5) is 0 Å². The molecule has 0 bridgehead atoms. The zero-order valence-corrected chi connectivity index (χ0v) is 27.1. The van der Waals surface area contributed by atoms with Gasteiger partial charge in [-0.1, -0.05) is 140 Å². The minimum atomic E-state index is 0.713. The summed E-state index contributed by atoms with van der Waals surface area (Å²) in [5.41, 5.74) is 9.45. The van der Waals surface area contributed by atoms with Gasteiger partial charge in [0.15, 0.2) is 5.82 Å². The first-order valence-corrected chi connectivity index (χ1v) is 16.9. The highest BCUT2D eigenvalue weighted by molar-refractivity contribution is 6.25. The van der Waals surface area contributed by atoms with E-state index in [2.05, 4.69) is 163 Å². The van der Waals surface area contributed by atoms with Crippen molar-refractivity contribution in [3.8, 4) is 56.2 Å². The van der Waals surface area contributed by atoms with Crippen molar-refractivity contribution in [3.63, 3.8) is 0 Å². The van der Waals surface area contributed by atoms with Gasteiger partial charge in [-0.25, -0.2) is 9.97 Å². The number of benzene rings is 8. The summed E-state index contributed by atoms with van der Waals surface area (Å²) in [6.07, 6.45) is 3.69. The highest BCUT2D eigenvalue weighted by atomic mass is 14.9. The lowest BCUT2D eigenvalue weighted by Crippen LogP contribution is -1.97. The van der Waals surface area contributed by atoms with Crippen molar-refractivity contribution in [2.24, 2.45) is 0 Å². The molecule has 3 heteroatoms. The Hall–Kier alpha value is -6.71. The number of fused-ring (bicyclic) bond motifs is 1. The molecule has 0 aliphatic heterocycles. The summed E-state index contributed by atoms with van der Waals surface area (Å²) in [5, 5.41) is 9.90. The van der Waals surface area contributed by atoms with Crippen molar-refractivity contribution in [2.75, 3.05) is 0 Å². The Morgan fingerprint density at radius 1 is 0.340 bits per heavy atom. The van der Waals surface area contributed by atoms with Crippen molar-refractivity contribution in [1.29, 1.82) is 0 Å². The Kier molecular flexibility index (Phi) is 6.49. The summed E-state index contributed by atoms with van der Waals surface area (Å²) in [6.45, 7) is 0. The first-order chi connectivity index (χ1) is 24.7. The summed E-state index contributed by atoms with van der Waals surface area (Å²) in [6, 6.07) is 58.4. The smallest absolute Gasteiger partial charge is 0.161 e. The largest absolute Gasteiger partial charge is 0.264 e. The van der Waals surface area contributed by atoms with Crippen molar-refractivity contribution >= 4 is 43.1 Å². The Morgan fingerprint density at radius 3 is 1.60 bits per heavy atom. The second-order valence-electron chi connectivity index (χ2n) is 12.9. The molecule has 0 amide bonds. The van der Waals surface area contributed by atoms with E-state index >= 15 is 0 Å². The third kappa shape index (κ3) is 4.79. The van der Waals surface area contributed by atoms with Gasteiger partial charge in [0.1, 0.15) is 0 Å². The van der Waals surface area contributed by atoms with Crippen LogP contribution in [0, 0.1) is 0 Å². The van der Waals surface area contributed by atoms with Crippen LogP contribution in [-0.4, -0.2) is 15.0 Å². The second-order valence-corrected chi connectivity index (χ2v) is 12.9. The molecule has 0 aliphatic rings. The van der Waals surface area contributed by atoms with E-state index in [9.17, 15) is 0 Å². The maximum Gasteiger partial charge on any atom is 0.161 e. The molecule has 0 fully saturated rings. The van der Waals surface area contributed by atoms with Crippen LogP contribution in [0.1, 0.15) is 0 Å². The Morgan fingerprint density at radius 2 is 0.900 bits per heavy atom. The van der Waals surface area contributed by atoms with Gasteiger partial charge in [0.2, 0.25) is 0 Å². The fourth-order valence-corrected chi connectivity index (χ4v) is 7.36. The number of pyridine rings is 1. The van der Waals surface area contributed by atoms with Crippen LogP contribution in [0.25, 0.3) is 99.2 Å². The first-order valence-electron chi connectivity index (χ1n) is 16.9. The molecule has 10 aromatic rings. The van der Waals surface area contributed by atoms with Crippen LogP contribution in [-0.2, 0) is 0 Å². The molecular formula is C47H29N3. The molecule has 0 N–H and O–H groups in total. The highest BCUT2D eigenvalue weighted by Gasteiger charge is 2.16. The SMILES string of the molecule is c1cncc(-c2ccc(-c3cc(-c4ccc(-c5ccc6ccccc6c5)cc4)nc(-c4ccc5ccc6cccc7ccc4c5c67)n3)cc2)c1. The molecule has 10 rings (SSSR count). The van der Waals surface area contributed by atoms with Crippen LogP contribution in [0.3, 0.4) is 0 Å². The minimum Gasteiger partial charge on any atom is -0.264 e. The Balaban J connectivity index is 1.13. The normalized spacial score (nSPS) is 11.6. The van der Waals surface area contributed by atoms with E-state index < -0.39 is 0 Å². The summed E-state index contributed by atoms with van der Waals surface area (Å²) in [5.74, 6) is 0.713. The maximum atomic E-state index is 5.27. The topological polar surface area (TPSA) is 38.7 Å². The number of hydrogen-bond acceptors (Lipinski definition) is 3. The van der Waals surface area contributed by atoms with Gasteiger partial charge < -0.3 is 0 Å². The average Bonchev–Trinajstić information content (AvgIpc) is 3.20. The molecule has 0 spiro atoms. The fraction of sp³-hybridized carbons (Fsp3) is 0. The molecule has 2 aromatic heterocycles. The lowest BCUT2D eigenvalue weighted by Gasteiger charge is -2.15. The number of rotatable bonds is 5. The zero-order chi connectivity index (χ0) is 33.0. The van der Waals surface area contributed by atoms with Gasteiger partial charge in [-0.15, -0.1) is 0 Å². The Labute approximate surface area is 289 Å². The van der Waals surface area contributed by atoms with Gasteiger partial charge >= 0.3 is 0 Å². The second kappa shape index (κ2) is 11.5. The van der Waals surface area contributed by atoms with Gasteiger partial charge in [-0.05, 0) is 89.6 Å².